The van der Waals surface area contributed by atoms with E-state index in [9.17, 15) is 9.18 Å². The Kier molecular flexibility index (Phi) is 8.47. The molecule has 1 heterocycles. The van der Waals surface area contributed by atoms with Crippen molar-refractivity contribution in [2.24, 2.45) is 5.92 Å². The molecule has 1 fully saturated rings. The van der Waals surface area contributed by atoms with Gasteiger partial charge in [0.2, 0.25) is 0 Å². The minimum atomic E-state index is -0.254. The molecule has 1 saturated heterocycles. The number of halogens is 1. The summed E-state index contributed by atoms with van der Waals surface area (Å²) in [6.07, 6.45) is 4.18. The molecule has 0 saturated carbocycles. The van der Waals surface area contributed by atoms with Crippen molar-refractivity contribution in [3.8, 4) is 0 Å². The van der Waals surface area contributed by atoms with Crippen molar-refractivity contribution in [3.05, 3.63) is 71.0 Å². The lowest BCUT2D eigenvalue weighted by Crippen LogP contribution is -2.49. The Hall–Kier alpha value is -2.40. The van der Waals surface area contributed by atoms with Gasteiger partial charge in [0, 0.05) is 19.1 Å². The van der Waals surface area contributed by atoms with E-state index in [4.69, 9.17) is 0 Å². The molecule has 3 rings (SSSR count). The minimum absolute atomic E-state index is 0.0530. The second kappa shape index (κ2) is 11.3. The third-order valence-corrected chi connectivity index (χ3v) is 6.13. The number of urea groups is 1. The molecule has 1 aliphatic heterocycles. The van der Waals surface area contributed by atoms with Gasteiger partial charge in [-0.3, -0.25) is 0 Å². The van der Waals surface area contributed by atoms with Crippen LogP contribution >= 0.6 is 0 Å². The molecule has 2 aromatic rings. The number of likely N-dealkylation sites (tertiary alicyclic amines) is 1. The number of nitrogens with zero attached hydrogens (tertiary/aromatic N) is 2. The van der Waals surface area contributed by atoms with Crippen LogP contribution in [0.5, 0.6) is 0 Å². The van der Waals surface area contributed by atoms with E-state index in [1.54, 1.807) is 12.1 Å². The number of piperidine rings is 1. The van der Waals surface area contributed by atoms with E-state index in [-0.39, 0.29) is 17.9 Å². The Bertz CT molecular complexity index is 812. The number of benzene rings is 2. The Morgan fingerprint density at radius 2 is 1.61 bits per heavy atom. The Labute approximate surface area is 186 Å². The molecule has 0 aliphatic carbocycles. The number of aryl methyl sites for hydroxylation is 1. The first kappa shape index (κ1) is 23.3. The maximum absolute atomic E-state index is 13.3. The fourth-order valence-electron chi connectivity index (χ4n) is 4.02. The summed E-state index contributed by atoms with van der Waals surface area (Å²) in [6.45, 7) is 7.45. The summed E-state index contributed by atoms with van der Waals surface area (Å²) < 4.78 is 13.3. The molecule has 0 atom stereocenters. The fraction of sp³-hybridized carbons (Fsp3) is 0.500. The molecule has 4 nitrogen and oxygen atoms in total. The van der Waals surface area contributed by atoms with Crippen LogP contribution in [0.25, 0.3) is 0 Å². The summed E-state index contributed by atoms with van der Waals surface area (Å²) in [6, 6.07) is 15.1. The predicted octanol–water partition coefficient (Wildman–Crippen LogP) is 5.22. The van der Waals surface area contributed by atoms with Gasteiger partial charge in [0.15, 0.2) is 0 Å². The van der Waals surface area contributed by atoms with Gasteiger partial charge in [-0.25, -0.2) is 9.18 Å². The van der Waals surface area contributed by atoms with Crippen molar-refractivity contribution in [1.82, 2.24) is 15.1 Å². The molecule has 2 amide bonds. The normalized spacial score (nSPS) is 15.3. The first-order valence-corrected chi connectivity index (χ1v) is 11.5. The quantitative estimate of drug-likeness (QED) is 0.629. The average Bonchev–Trinajstić information content (AvgIpc) is 2.77. The lowest BCUT2D eigenvalue weighted by molar-refractivity contribution is 0.127. The summed E-state index contributed by atoms with van der Waals surface area (Å²) in [7, 11) is 2.12. The molecule has 0 bridgehead atoms. The first-order chi connectivity index (χ1) is 14.9. The van der Waals surface area contributed by atoms with Crippen LogP contribution in [0.1, 0.15) is 49.8 Å². The van der Waals surface area contributed by atoms with Crippen molar-refractivity contribution >= 4 is 6.03 Å². The predicted molar refractivity (Wildman–Crippen MR) is 124 cm³/mol. The zero-order valence-electron chi connectivity index (χ0n) is 19.1. The SMILES string of the molecule is CC(C)CCc1ccc(CNC(=O)N(Cc2ccc(F)cc2)C2CCN(C)CC2)cc1. The number of rotatable bonds is 8. The zero-order chi connectivity index (χ0) is 22.2. The van der Waals surface area contributed by atoms with Crippen LogP contribution in [0.2, 0.25) is 0 Å². The van der Waals surface area contributed by atoms with Crippen LogP contribution in [-0.4, -0.2) is 42.0 Å². The van der Waals surface area contributed by atoms with E-state index in [1.165, 1.54) is 24.1 Å². The van der Waals surface area contributed by atoms with Gasteiger partial charge in [0.1, 0.15) is 5.82 Å². The summed E-state index contributed by atoms with van der Waals surface area (Å²) in [5, 5.41) is 3.11. The largest absolute Gasteiger partial charge is 0.334 e. The molecule has 0 spiro atoms. The minimum Gasteiger partial charge on any atom is -0.334 e. The second-order valence-corrected chi connectivity index (χ2v) is 9.20. The number of nitrogens with one attached hydrogen (secondary N) is 1. The number of carbonyl (C=O) groups excluding carboxylic acids is 1. The molecule has 0 aromatic heterocycles. The molecule has 1 N–H and O–H groups in total. The fourth-order valence-corrected chi connectivity index (χ4v) is 4.02. The van der Waals surface area contributed by atoms with Crippen LogP contribution < -0.4 is 5.32 Å². The standard InChI is InChI=1S/C26H36FN3O/c1-20(2)4-5-21-6-8-22(9-7-21)18-28-26(31)30(25-14-16-29(3)17-15-25)19-23-10-12-24(27)13-11-23/h6-13,20,25H,4-5,14-19H2,1-3H3,(H,28,31). The summed E-state index contributed by atoms with van der Waals surface area (Å²) in [5.41, 5.74) is 3.39. The van der Waals surface area contributed by atoms with E-state index in [2.05, 4.69) is 55.4 Å². The topological polar surface area (TPSA) is 35.6 Å². The molecular formula is C26H36FN3O. The highest BCUT2D eigenvalue weighted by Crippen LogP contribution is 2.19. The van der Waals surface area contributed by atoms with Crippen LogP contribution in [0.3, 0.4) is 0 Å². The van der Waals surface area contributed by atoms with Crippen molar-refractivity contribution in [2.75, 3.05) is 20.1 Å². The monoisotopic (exact) mass is 425 g/mol. The average molecular weight is 426 g/mol. The maximum atomic E-state index is 13.3. The van der Waals surface area contributed by atoms with E-state index in [1.807, 2.05) is 4.90 Å². The van der Waals surface area contributed by atoms with E-state index in [0.717, 1.165) is 43.5 Å². The van der Waals surface area contributed by atoms with Crippen molar-refractivity contribution in [2.45, 2.75) is 58.7 Å². The molecule has 2 aromatic carbocycles. The molecule has 0 unspecified atom stereocenters. The van der Waals surface area contributed by atoms with Crippen LogP contribution in [0.15, 0.2) is 48.5 Å². The number of amides is 2. The molecule has 168 valence electrons. The number of hydrogen-bond donors (Lipinski definition) is 1. The van der Waals surface area contributed by atoms with Gasteiger partial charge in [-0.2, -0.15) is 0 Å². The number of carbonyl (C=O) groups is 1. The smallest absolute Gasteiger partial charge is 0.318 e. The third-order valence-electron chi connectivity index (χ3n) is 6.13. The third kappa shape index (κ3) is 7.35. The lowest BCUT2D eigenvalue weighted by Gasteiger charge is -2.37. The molecule has 31 heavy (non-hydrogen) atoms. The Morgan fingerprint density at radius 3 is 2.23 bits per heavy atom. The molecule has 5 heteroatoms. The van der Waals surface area contributed by atoms with Crippen LogP contribution in [0.4, 0.5) is 9.18 Å². The van der Waals surface area contributed by atoms with Gasteiger partial charge in [-0.05, 0) is 80.6 Å². The van der Waals surface area contributed by atoms with Gasteiger partial charge in [-0.1, -0.05) is 50.2 Å². The summed E-state index contributed by atoms with van der Waals surface area (Å²) in [4.78, 5) is 17.4. The zero-order valence-corrected chi connectivity index (χ0v) is 19.1. The van der Waals surface area contributed by atoms with Crippen molar-refractivity contribution < 1.29 is 9.18 Å². The van der Waals surface area contributed by atoms with Crippen LogP contribution in [0, 0.1) is 11.7 Å². The highest BCUT2D eigenvalue weighted by atomic mass is 19.1. The Balaban J connectivity index is 1.61. The summed E-state index contributed by atoms with van der Waals surface area (Å²) in [5.74, 6) is 0.446. The van der Waals surface area contributed by atoms with E-state index < -0.39 is 0 Å². The van der Waals surface area contributed by atoms with Gasteiger partial charge in [0.05, 0.1) is 0 Å². The van der Waals surface area contributed by atoms with Gasteiger partial charge < -0.3 is 15.1 Å². The lowest BCUT2D eigenvalue weighted by atomic mass is 10.0. The molecular weight excluding hydrogens is 389 g/mol. The highest BCUT2D eigenvalue weighted by molar-refractivity contribution is 5.74. The van der Waals surface area contributed by atoms with Gasteiger partial charge in [-0.15, -0.1) is 0 Å². The van der Waals surface area contributed by atoms with E-state index in [0.29, 0.717) is 19.0 Å². The summed E-state index contributed by atoms with van der Waals surface area (Å²) >= 11 is 0. The highest BCUT2D eigenvalue weighted by Gasteiger charge is 2.27. The second-order valence-electron chi connectivity index (χ2n) is 9.20. The first-order valence-electron chi connectivity index (χ1n) is 11.5. The van der Waals surface area contributed by atoms with Crippen molar-refractivity contribution in [3.63, 3.8) is 0 Å². The number of hydrogen-bond acceptors (Lipinski definition) is 2. The molecule has 1 aliphatic rings. The molecule has 0 radical (unpaired) electrons. The van der Waals surface area contributed by atoms with E-state index >= 15 is 0 Å². The van der Waals surface area contributed by atoms with Gasteiger partial charge in [0.25, 0.3) is 0 Å². The Morgan fingerprint density at radius 1 is 1.03 bits per heavy atom. The van der Waals surface area contributed by atoms with Crippen molar-refractivity contribution in [1.29, 1.82) is 0 Å². The van der Waals surface area contributed by atoms with Gasteiger partial charge >= 0.3 is 6.03 Å². The maximum Gasteiger partial charge on any atom is 0.318 e. The van der Waals surface area contributed by atoms with Crippen LogP contribution in [-0.2, 0) is 19.5 Å².